The number of hydrogen-bond donors (Lipinski definition) is 1. The Morgan fingerprint density at radius 3 is 2.53 bits per heavy atom. The van der Waals surface area contributed by atoms with Crippen molar-refractivity contribution in [1.29, 1.82) is 5.26 Å². The van der Waals surface area contributed by atoms with E-state index in [2.05, 4.69) is 0 Å². The van der Waals surface area contributed by atoms with Crippen LogP contribution in [0, 0.1) is 17.1 Å². The van der Waals surface area contributed by atoms with Crippen molar-refractivity contribution in [3.8, 4) is 6.07 Å². The molecule has 0 aliphatic rings. The number of nitriles is 1. The van der Waals surface area contributed by atoms with Gasteiger partial charge in [0.1, 0.15) is 10.7 Å². The van der Waals surface area contributed by atoms with Gasteiger partial charge in [0.15, 0.2) is 0 Å². The molecular formula is C8H5ClFNO3S. The predicted octanol–water partition coefficient (Wildman–Crippen LogP) is 1.12. The number of rotatable bonds is 2. The van der Waals surface area contributed by atoms with Crippen LogP contribution in [-0.2, 0) is 15.7 Å². The van der Waals surface area contributed by atoms with Gasteiger partial charge in [-0.2, -0.15) is 5.26 Å². The summed E-state index contributed by atoms with van der Waals surface area (Å²) in [6, 6.07) is 3.44. The van der Waals surface area contributed by atoms with E-state index < -0.39 is 26.4 Å². The molecule has 7 heteroatoms. The Kier molecular flexibility index (Phi) is 3.29. The molecule has 0 saturated heterocycles. The molecule has 4 nitrogen and oxygen atoms in total. The average Bonchev–Trinajstić information content (AvgIpc) is 2.14. The molecule has 0 bridgehead atoms. The fourth-order valence-corrected chi connectivity index (χ4v) is 2.35. The predicted molar refractivity (Wildman–Crippen MR) is 50.1 cm³/mol. The van der Waals surface area contributed by atoms with Gasteiger partial charge in [0.25, 0.3) is 9.05 Å². The topological polar surface area (TPSA) is 78.2 Å². The Bertz CT molecular complexity index is 536. The molecule has 1 aromatic rings. The van der Waals surface area contributed by atoms with Crippen molar-refractivity contribution in [3.05, 3.63) is 29.1 Å². The number of hydrogen-bond acceptors (Lipinski definition) is 4. The van der Waals surface area contributed by atoms with Gasteiger partial charge in [-0.05, 0) is 12.1 Å². The molecule has 1 aromatic carbocycles. The fraction of sp³-hybridized carbons (Fsp3) is 0.125. The van der Waals surface area contributed by atoms with Crippen molar-refractivity contribution >= 4 is 19.7 Å². The first kappa shape index (κ1) is 11.9. The number of halogens is 2. The van der Waals surface area contributed by atoms with Crippen molar-refractivity contribution in [1.82, 2.24) is 0 Å². The van der Waals surface area contributed by atoms with Crippen LogP contribution in [0.1, 0.15) is 11.1 Å². The number of aliphatic hydroxyl groups excluding tert-OH is 1. The van der Waals surface area contributed by atoms with Crippen LogP contribution in [0.2, 0.25) is 0 Å². The Hall–Kier alpha value is -1.16. The molecule has 0 heterocycles. The Morgan fingerprint density at radius 1 is 1.53 bits per heavy atom. The molecular weight excluding hydrogens is 245 g/mol. The standard InChI is InChI=1S/C8H5ClFNO3S/c9-15(13,14)8-6(4-12)1-5(3-11)2-7(8)10/h1-2,12H,4H2. The molecule has 0 atom stereocenters. The third-order valence-electron chi connectivity index (χ3n) is 1.66. The van der Waals surface area contributed by atoms with E-state index in [4.69, 9.17) is 21.1 Å². The largest absolute Gasteiger partial charge is 0.392 e. The SMILES string of the molecule is N#Cc1cc(F)c(S(=O)(=O)Cl)c(CO)c1. The van der Waals surface area contributed by atoms with Gasteiger partial charge in [0.2, 0.25) is 0 Å². The molecule has 0 fully saturated rings. The van der Waals surface area contributed by atoms with Crippen LogP contribution in [0.25, 0.3) is 0 Å². The molecule has 0 aliphatic carbocycles. The van der Waals surface area contributed by atoms with Crippen molar-refractivity contribution in [2.45, 2.75) is 11.5 Å². The number of benzene rings is 1. The normalized spacial score (nSPS) is 11.1. The lowest BCUT2D eigenvalue weighted by molar-refractivity contribution is 0.277. The van der Waals surface area contributed by atoms with Crippen molar-refractivity contribution in [2.75, 3.05) is 0 Å². The molecule has 1 rings (SSSR count). The van der Waals surface area contributed by atoms with Gasteiger partial charge in [0.05, 0.1) is 18.2 Å². The summed E-state index contributed by atoms with van der Waals surface area (Å²) < 4.78 is 35.2. The van der Waals surface area contributed by atoms with E-state index in [1.165, 1.54) is 0 Å². The Labute approximate surface area is 89.9 Å². The van der Waals surface area contributed by atoms with Gasteiger partial charge in [-0.1, -0.05) is 0 Å². The van der Waals surface area contributed by atoms with Gasteiger partial charge >= 0.3 is 0 Å². The maximum atomic E-state index is 13.3. The summed E-state index contributed by atoms with van der Waals surface area (Å²) in [5.41, 5.74) is -0.317. The average molecular weight is 250 g/mol. The fourth-order valence-electron chi connectivity index (χ4n) is 1.11. The van der Waals surface area contributed by atoms with Crippen LogP contribution in [0.15, 0.2) is 17.0 Å². The van der Waals surface area contributed by atoms with Crippen LogP contribution in [-0.4, -0.2) is 13.5 Å². The first-order valence-corrected chi connectivity index (χ1v) is 5.99. The molecule has 0 aliphatic heterocycles. The maximum absolute atomic E-state index is 13.3. The Morgan fingerprint density at radius 2 is 2.13 bits per heavy atom. The maximum Gasteiger partial charge on any atom is 0.264 e. The van der Waals surface area contributed by atoms with Crippen molar-refractivity contribution in [2.24, 2.45) is 0 Å². The van der Waals surface area contributed by atoms with Crippen molar-refractivity contribution < 1.29 is 17.9 Å². The minimum Gasteiger partial charge on any atom is -0.392 e. The summed E-state index contributed by atoms with van der Waals surface area (Å²) in [5, 5.41) is 17.3. The van der Waals surface area contributed by atoms with Crippen molar-refractivity contribution in [3.63, 3.8) is 0 Å². The third-order valence-corrected chi connectivity index (χ3v) is 3.07. The summed E-state index contributed by atoms with van der Waals surface area (Å²) in [5.74, 6) is -1.15. The summed E-state index contributed by atoms with van der Waals surface area (Å²) in [4.78, 5) is -0.786. The van der Waals surface area contributed by atoms with E-state index >= 15 is 0 Å². The molecule has 1 N–H and O–H groups in total. The molecule has 0 spiro atoms. The lowest BCUT2D eigenvalue weighted by Crippen LogP contribution is -2.03. The molecule has 80 valence electrons. The van der Waals surface area contributed by atoms with E-state index in [-0.39, 0.29) is 11.1 Å². The van der Waals surface area contributed by atoms with E-state index in [0.29, 0.717) is 0 Å². The zero-order chi connectivity index (χ0) is 11.6. The summed E-state index contributed by atoms with van der Waals surface area (Å²) in [7, 11) is 0.708. The molecule has 15 heavy (non-hydrogen) atoms. The van der Waals surface area contributed by atoms with Gasteiger partial charge in [0, 0.05) is 16.2 Å². The van der Waals surface area contributed by atoms with Gasteiger partial charge in [-0.3, -0.25) is 0 Å². The molecule has 0 radical (unpaired) electrons. The first-order chi connectivity index (χ1) is 6.90. The van der Waals surface area contributed by atoms with E-state index in [1.807, 2.05) is 0 Å². The third kappa shape index (κ3) is 2.45. The quantitative estimate of drug-likeness (QED) is 0.797. The van der Waals surface area contributed by atoms with E-state index in [1.54, 1.807) is 6.07 Å². The highest BCUT2D eigenvalue weighted by Crippen LogP contribution is 2.24. The van der Waals surface area contributed by atoms with Crippen LogP contribution < -0.4 is 0 Å². The number of nitrogens with zero attached hydrogens (tertiary/aromatic N) is 1. The highest BCUT2D eigenvalue weighted by atomic mass is 35.7. The highest BCUT2D eigenvalue weighted by molar-refractivity contribution is 8.13. The second kappa shape index (κ2) is 4.14. The molecule has 0 unspecified atom stereocenters. The monoisotopic (exact) mass is 249 g/mol. The summed E-state index contributed by atoms with van der Waals surface area (Å²) >= 11 is 0. The second-order valence-electron chi connectivity index (χ2n) is 2.65. The van der Waals surface area contributed by atoms with Crippen LogP contribution in [0.5, 0.6) is 0 Å². The van der Waals surface area contributed by atoms with Crippen LogP contribution in [0.4, 0.5) is 4.39 Å². The minimum absolute atomic E-state index is 0.0828. The van der Waals surface area contributed by atoms with E-state index in [9.17, 15) is 12.8 Å². The van der Waals surface area contributed by atoms with Crippen LogP contribution in [0.3, 0.4) is 0 Å². The van der Waals surface area contributed by atoms with Gasteiger partial charge in [-0.15, -0.1) is 0 Å². The van der Waals surface area contributed by atoms with Gasteiger partial charge in [-0.25, -0.2) is 12.8 Å². The first-order valence-electron chi connectivity index (χ1n) is 3.68. The van der Waals surface area contributed by atoms with Gasteiger partial charge < -0.3 is 5.11 Å². The zero-order valence-corrected chi connectivity index (χ0v) is 8.81. The number of aliphatic hydroxyl groups is 1. The molecule has 0 aromatic heterocycles. The summed E-state index contributed by atoms with van der Waals surface area (Å²) in [6.45, 7) is -0.715. The molecule has 0 saturated carbocycles. The van der Waals surface area contributed by atoms with E-state index in [0.717, 1.165) is 12.1 Å². The molecule has 0 amide bonds. The van der Waals surface area contributed by atoms with Crippen LogP contribution >= 0.6 is 10.7 Å². The lowest BCUT2D eigenvalue weighted by atomic mass is 10.1. The zero-order valence-electron chi connectivity index (χ0n) is 7.24. The minimum atomic E-state index is -4.27. The Balaban J connectivity index is 3.61. The highest BCUT2D eigenvalue weighted by Gasteiger charge is 2.21. The lowest BCUT2D eigenvalue weighted by Gasteiger charge is -2.05. The smallest absolute Gasteiger partial charge is 0.264 e. The second-order valence-corrected chi connectivity index (χ2v) is 5.16. The summed E-state index contributed by atoms with van der Waals surface area (Å²) in [6.07, 6.45) is 0.